The summed E-state index contributed by atoms with van der Waals surface area (Å²) in [5, 5.41) is 26.9. The minimum Gasteiger partial charge on any atom is -0.494 e. The van der Waals surface area contributed by atoms with Gasteiger partial charge in [-0.1, -0.05) is 0 Å². The third-order valence-corrected chi connectivity index (χ3v) is 3.30. The zero-order chi connectivity index (χ0) is 17.0. The van der Waals surface area contributed by atoms with Crippen LogP contribution in [0.25, 0.3) is 0 Å². The Morgan fingerprint density at radius 3 is 2.52 bits per heavy atom. The summed E-state index contributed by atoms with van der Waals surface area (Å²) >= 11 is 0. The standard InChI is InChI=1S/C16H16N4O3/c1-4-23-12-7-5-11(6-8-12)18-19-14-10(2)13(9-17)15(21)20(3)16(14)22/h5-8,21H,4H2,1-3H3. The molecule has 0 aliphatic carbocycles. The highest BCUT2D eigenvalue weighted by Crippen LogP contribution is 2.26. The van der Waals surface area contributed by atoms with Crippen LogP contribution in [-0.2, 0) is 7.05 Å². The van der Waals surface area contributed by atoms with Gasteiger partial charge in [0, 0.05) is 12.6 Å². The van der Waals surface area contributed by atoms with E-state index in [9.17, 15) is 9.90 Å². The number of benzene rings is 1. The smallest absolute Gasteiger partial charge is 0.281 e. The van der Waals surface area contributed by atoms with Gasteiger partial charge in [-0.2, -0.15) is 10.4 Å². The van der Waals surface area contributed by atoms with Crippen molar-refractivity contribution in [3.63, 3.8) is 0 Å². The second-order valence-corrected chi connectivity index (χ2v) is 4.78. The quantitative estimate of drug-likeness (QED) is 0.877. The summed E-state index contributed by atoms with van der Waals surface area (Å²) < 4.78 is 6.30. The SMILES string of the molecule is CCOc1ccc(N=Nc2c(C)c(C#N)c(O)n(C)c2=O)cc1. The second-order valence-electron chi connectivity index (χ2n) is 4.78. The Morgan fingerprint density at radius 1 is 1.30 bits per heavy atom. The van der Waals surface area contributed by atoms with Crippen LogP contribution in [0.4, 0.5) is 11.4 Å². The van der Waals surface area contributed by atoms with E-state index in [1.165, 1.54) is 7.05 Å². The molecular weight excluding hydrogens is 296 g/mol. The van der Waals surface area contributed by atoms with Crippen molar-refractivity contribution >= 4 is 11.4 Å². The van der Waals surface area contributed by atoms with Crippen LogP contribution >= 0.6 is 0 Å². The van der Waals surface area contributed by atoms with Crippen LogP contribution in [0.5, 0.6) is 11.6 Å². The van der Waals surface area contributed by atoms with Crippen molar-refractivity contribution in [1.82, 2.24) is 4.57 Å². The molecule has 118 valence electrons. The maximum atomic E-state index is 12.2. The van der Waals surface area contributed by atoms with Crippen molar-refractivity contribution in [2.24, 2.45) is 17.3 Å². The van der Waals surface area contributed by atoms with E-state index in [0.717, 1.165) is 10.3 Å². The van der Waals surface area contributed by atoms with Gasteiger partial charge in [0.15, 0.2) is 5.69 Å². The van der Waals surface area contributed by atoms with Gasteiger partial charge in [0.05, 0.1) is 12.3 Å². The Bertz CT molecular complexity index is 846. The first-order valence-electron chi connectivity index (χ1n) is 6.96. The van der Waals surface area contributed by atoms with Gasteiger partial charge in [0.2, 0.25) is 5.88 Å². The van der Waals surface area contributed by atoms with Crippen molar-refractivity contribution < 1.29 is 9.84 Å². The molecule has 23 heavy (non-hydrogen) atoms. The maximum absolute atomic E-state index is 12.2. The lowest BCUT2D eigenvalue weighted by molar-refractivity contribution is 0.340. The van der Waals surface area contributed by atoms with Crippen molar-refractivity contribution in [3.05, 3.63) is 45.7 Å². The van der Waals surface area contributed by atoms with Crippen LogP contribution in [0, 0.1) is 18.3 Å². The molecule has 0 aliphatic rings. The van der Waals surface area contributed by atoms with E-state index in [-0.39, 0.29) is 17.1 Å². The predicted octanol–water partition coefficient (Wildman–Crippen LogP) is 3.09. The highest BCUT2D eigenvalue weighted by Gasteiger charge is 2.16. The Labute approximate surface area is 133 Å². The van der Waals surface area contributed by atoms with Gasteiger partial charge in [0.1, 0.15) is 17.4 Å². The highest BCUT2D eigenvalue weighted by molar-refractivity contribution is 5.56. The van der Waals surface area contributed by atoms with Crippen LogP contribution in [-0.4, -0.2) is 16.3 Å². The van der Waals surface area contributed by atoms with E-state index in [1.807, 2.05) is 13.0 Å². The van der Waals surface area contributed by atoms with Gasteiger partial charge in [-0.25, -0.2) is 0 Å². The summed E-state index contributed by atoms with van der Waals surface area (Å²) in [5.74, 6) is 0.338. The summed E-state index contributed by atoms with van der Waals surface area (Å²) in [4.78, 5) is 12.2. The minimum atomic E-state index is -0.520. The highest BCUT2D eigenvalue weighted by atomic mass is 16.5. The molecule has 0 fully saturated rings. The molecule has 0 atom stereocenters. The van der Waals surface area contributed by atoms with Crippen molar-refractivity contribution in [3.8, 4) is 17.7 Å². The lowest BCUT2D eigenvalue weighted by Gasteiger charge is -2.08. The molecule has 2 aromatic rings. The number of ether oxygens (including phenoxy) is 1. The monoisotopic (exact) mass is 312 g/mol. The summed E-state index contributed by atoms with van der Waals surface area (Å²) in [6.07, 6.45) is 0. The molecule has 1 heterocycles. The van der Waals surface area contributed by atoms with Gasteiger partial charge >= 0.3 is 0 Å². The fraction of sp³-hybridized carbons (Fsp3) is 0.250. The summed E-state index contributed by atoms with van der Waals surface area (Å²) in [6, 6.07) is 8.78. The molecule has 1 aromatic carbocycles. The molecule has 0 radical (unpaired) electrons. The number of hydrogen-bond donors (Lipinski definition) is 1. The van der Waals surface area contributed by atoms with E-state index in [0.29, 0.717) is 17.9 Å². The Kier molecular flexibility index (Phi) is 4.76. The molecule has 7 heteroatoms. The lowest BCUT2D eigenvalue weighted by atomic mass is 10.1. The van der Waals surface area contributed by atoms with E-state index in [1.54, 1.807) is 31.2 Å². The zero-order valence-electron chi connectivity index (χ0n) is 13.1. The molecule has 0 aliphatic heterocycles. The second kappa shape index (κ2) is 6.75. The third kappa shape index (κ3) is 3.21. The van der Waals surface area contributed by atoms with Crippen molar-refractivity contribution in [2.45, 2.75) is 13.8 Å². The number of rotatable bonds is 4. The van der Waals surface area contributed by atoms with Gasteiger partial charge in [-0.15, -0.1) is 5.11 Å². The molecule has 7 nitrogen and oxygen atoms in total. The molecule has 0 unspecified atom stereocenters. The van der Waals surface area contributed by atoms with Crippen LogP contribution < -0.4 is 10.3 Å². The number of pyridine rings is 1. The van der Waals surface area contributed by atoms with Crippen LogP contribution in [0.15, 0.2) is 39.3 Å². The average molecular weight is 312 g/mol. The number of nitriles is 1. The first-order valence-corrected chi connectivity index (χ1v) is 6.96. The molecule has 0 bridgehead atoms. The molecule has 0 saturated heterocycles. The Morgan fingerprint density at radius 2 is 1.96 bits per heavy atom. The number of nitrogens with zero attached hydrogens (tertiary/aromatic N) is 4. The van der Waals surface area contributed by atoms with Gasteiger partial charge in [0.25, 0.3) is 5.56 Å². The molecule has 0 saturated carbocycles. The molecular formula is C16H16N4O3. The summed E-state index contributed by atoms with van der Waals surface area (Å²) in [7, 11) is 1.37. The Balaban J connectivity index is 2.42. The van der Waals surface area contributed by atoms with E-state index < -0.39 is 5.56 Å². The van der Waals surface area contributed by atoms with Gasteiger partial charge < -0.3 is 9.84 Å². The fourth-order valence-corrected chi connectivity index (χ4v) is 2.00. The third-order valence-electron chi connectivity index (χ3n) is 3.30. The number of aromatic hydroxyl groups is 1. The van der Waals surface area contributed by atoms with E-state index in [4.69, 9.17) is 10.00 Å². The van der Waals surface area contributed by atoms with Crippen LogP contribution in [0.3, 0.4) is 0 Å². The minimum absolute atomic E-state index is 0.00717. The van der Waals surface area contributed by atoms with Crippen LogP contribution in [0.2, 0.25) is 0 Å². The first kappa shape index (κ1) is 16.2. The number of aromatic nitrogens is 1. The van der Waals surface area contributed by atoms with Gasteiger partial charge in [-0.05, 0) is 38.1 Å². The molecule has 1 N–H and O–H groups in total. The largest absolute Gasteiger partial charge is 0.494 e. The number of azo groups is 1. The topological polar surface area (TPSA) is 100.0 Å². The van der Waals surface area contributed by atoms with Crippen LogP contribution in [0.1, 0.15) is 18.1 Å². The summed E-state index contributed by atoms with van der Waals surface area (Å²) in [6.45, 7) is 4.01. The maximum Gasteiger partial charge on any atom is 0.281 e. The first-order chi connectivity index (χ1) is 11.0. The zero-order valence-corrected chi connectivity index (χ0v) is 13.1. The van der Waals surface area contributed by atoms with Gasteiger partial charge in [-0.3, -0.25) is 9.36 Å². The van der Waals surface area contributed by atoms with Crippen molar-refractivity contribution in [1.29, 1.82) is 5.26 Å². The van der Waals surface area contributed by atoms with Crippen molar-refractivity contribution in [2.75, 3.05) is 6.61 Å². The normalized spacial score (nSPS) is 10.7. The molecule has 0 spiro atoms. The van der Waals surface area contributed by atoms with E-state index in [2.05, 4.69) is 10.2 Å². The predicted molar refractivity (Wildman–Crippen MR) is 84.6 cm³/mol. The summed E-state index contributed by atoms with van der Waals surface area (Å²) in [5.41, 5.74) is 0.349. The Hall–Kier alpha value is -3.14. The lowest BCUT2D eigenvalue weighted by Crippen LogP contribution is -2.18. The molecule has 1 aromatic heterocycles. The average Bonchev–Trinajstić information content (AvgIpc) is 2.55. The van der Waals surface area contributed by atoms with E-state index >= 15 is 0 Å². The fourth-order valence-electron chi connectivity index (χ4n) is 2.00. The number of hydrogen-bond acceptors (Lipinski definition) is 6. The molecule has 2 rings (SSSR count). The molecule has 0 amide bonds.